The van der Waals surface area contributed by atoms with Gasteiger partial charge in [0.2, 0.25) is 0 Å². The molecule has 0 unspecified atom stereocenters. The fraction of sp³-hybridized carbons (Fsp3) is 0.478. The Bertz CT molecular complexity index is 599. The van der Waals surface area contributed by atoms with Crippen molar-refractivity contribution >= 4 is 5.69 Å². The molecule has 2 nitrogen and oxygen atoms in total. The Kier molecular flexibility index (Phi) is 7.07. The summed E-state index contributed by atoms with van der Waals surface area (Å²) in [7, 11) is 0. The Morgan fingerprint density at radius 3 is 1.96 bits per heavy atom. The maximum atomic E-state index is 2.63. The third-order valence-corrected chi connectivity index (χ3v) is 5.33. The number of rotatable bonds is 6. The summed E-state index contributed by atoms with van der Waals surface area (Å²) in [4.78, 5) is 5.13. The topological polar surface area (TPSA) is 6.48 Å². The fourth-order valence-corrected chi connectivity index (χ4v) is 3.65. The van der Waals surface area contributed by atoms with Gasteiger partial charge in [0.05, 0.1) is 0 Å². The monoisotopic (exact) mass is 338 g/mol. The molecule has 0 spiro atoms. The van der Waals surface area contributed by atoms with Gasteiger partial charge in [-0.3, -0.25) is 4.90 Å². The van der Waals surface area contributed by atoms with Crippen LogP contribution in [0.4, 0.5) is 5.69 Å². The average Bonchev–Trinajstić information content (AvgIpc) is 2.64. The zero-order valence-corrected chi connectivity index (χ0v) is 15.1. The molecule has 2 aromatic rings. The lowest BCUT2D eigenvalue weighted by atomic mass is 9.80. The van der Waals surface area contributed by atoms with Gasteiger partial charge in [-0.2, -0.15) is 0 Å². The number of piperazine rings is 1. The summed E-state index contributed by atoms with van der Waals surface area (Å²) in [5.74, 6) is 0. The van der Waals surface area contributed by atoms with Crippen molar-refractivity contribution in [2.45, 2.75) is 39.5 Å². The third kappa shape index (κ3) is 5.34. The van der Waals surface area contributed by atoms with Crippen molar-refractivity contribution < 1.29 is 0 Å². The maximum absolute atomic E-state index is 2.63. The lowest BCUT2D eigenvalue weighted by molar-refractivity contribution is 0.245. The predicted octanol–water partition coefficient (Wildman–Crippen LogP) is 5.20. The standard InChI is InChI=1S/C22H30N2.CH4/c1-22(2,20-10-5-3-6-11-20)14-9-15-23-16-18-24(19-17-23)21-12-7-4-8-13-21;/h3-8,10-13H,9,14-19H2,1-2H3;1H4. The lowest BCUT2D eigenvalue weighted by Gasteiger charge is -2.36. The zero-order chi connectivity index (χ0) is 16.8. The Morgan fingerprint density at radius 2 is 1.36 bits per heavy atom. The van der Waals surface area contributed by atoms with Crippen LogP contribution < -0.4 is 4.90 Å². The zero-order valence-electron chi connectivity index (χ0n) is 15.1. The summed E-state index contributed by atoms with van der Waals surface area (Å²) < 4.78 is 0. The van der Waals surface area contributed by atoms with E-state index < -0.39 is 0 Å². The molecule has 1 heterocycles. The molecule has 0 bridgehead atoms. The molecular weight excluding hydrogens is 304 g/mol. The summed E-state index contributed by atoms with van der Waals surface area (Å²) >= 11 is 0. The van der Waals surface area contributed by atoms with Gasteiger partial charge in [0.1, 0.15) is 0 Å². The van der Waals surface area contributed by atoms with E-state index in [4.69, 9.17) is 0 Å². The van der Waals surface area contributed by atoms with E-state index in [-0.39, 0.29) is 12.8 Å². The van der Waals surface area contributed by atoms with Crippen LogP contribution in [0.2, 0.25) is 0 Å². The molecule has 1 saturated heterocycles. The van der Waals surface area contributed by atoms with E-state index in [1.54, 1.807) is 0 Å². The van der Waals surface area contributed by atoms with E-state index in [0.29, 0.717) is 0 Å². The van der Waals surface area contributed by atoms with Gasteiger partial charge < -0.3 is 4.90 Å². The van der Waals surface area contributed by atoms with E-state index in [2.05, 4.69) is 84.3 Å². The van der Waals surface area contributed by atoms with Gasteiger partial charge in [-0.15, -0.1) is 0 Å². The molecule has 3 rings (SSSR count). The van der Waals surface area contributed by atoms with Crippen LogP contribution in [-0.2, 0) is 5.41 Å². The molecule has 0 amide bonds. The minimum Gasteiger partial charge on any atom is -0.369 e. The van der Waals surface area contributed by atoms with Gasteiger partial charge in [-0.1, -0.05) is 69.8 Å². The van der Waals surface area contributed by atoms with Crippen LogP contribution in [-0.4, -0.2) is 37.6 Å². The molecule has 25 heavy (non-hydrogen) atoms. The van der Waals surface area contributed by atoms with Crippen molar-refractivity contribution in [2.24, 2.45) is 0 Å². The van der Waals surface area contributed by atoms with Gasteiger partial charge in [-0.25, -0.2) is 0 Å². The highest BCUT2D eigenvalue weighted by molar-refractivity contribution is 5.46. The average molecular weight is 339 g/mol. The highest BCUT2D eigenvalue weighted by atomic mass is 15.3. The highest BCUT2D eigenvalue weighted by Gasteiger charge is 2.21. The molecule has 1 fully saturated rings. The predicted molar refractivity (Wildman–Crippen MR) is 111 cm³/mol. The number of hydrogen-bond acceptors (Lipinski definition) is 2. The summed E-state index contributed by atoms with van der Waals surface area (Å²) in [5.41, 5.74) is 3.09. The third-order valence-electron chi connectivity index (χ3n) is 5.33. The number of anilines is 1. The molecule has 0 radical (unpaired) electrons. The van der Waals surface area contributed by atoms with Crippen molar-refractivity contribution in [1.29, 1.82) is 0 Å². The van der Waals surface area contributed by atoms with E-state index >= 15 is 0 Å². The van der Waals surface area contributed by atoms with E-state index in [9.17, 15) is 0 Å². The minimum absolute atomic E-state index is 0. The highest BCUT2D eigenvalue weighted by Crippen LogP contribution is 2.28. The Balaban J connectivity index is 0.00000225. The molecular formula is C23H34N2. The van der Waals surface area contributed by atoms with Crippen LogP contribution in [0.15, 0.2) is 60.7 Å². The Labute approximate surface area is 154 Å². The van der Waals surface area contributed by atoms with Crippen LogP contribution >= 0.6 is 0 Å². The summed E-state index contributed by atoms with van der Waals surface area (Å²) in [6, 6.07) is 21.7. The van der Waals surface area contributed by atoms with Gasteiger partial charge in [-0.05, 0) is 42.5 Å². The maximum Gasteiger partial charge on any atom is 0.0367 e. The molecule has 0 aromatic heterocycles. The summed E-state index contributed by atoms with van der Waals surface area (Å²) in [6.07, 6.45) is 2.52. The Morgan fingerprint density at radius 1 is 0.800 bits per heavy atom. The molecule has 0 N–H and O–H groups in total. The van der Waals surface area contributed by atoms with Gasteiger partial charge in [0.15, 0.2) is 0 Å². The number of para-hydroxylation sites is 1. The van der Waals surface area contributed by atoms with E-state index in [1.807, 2.05) is 0 Å². The van der Waals surface area contributed by atoms with Crippen molar-refractivity contribution in [3.05, 3.63) is 66.2 Å². The summed E-state index contributed by atoms with van der Waals surface area (Å²) in [6.45, 7) is 10.6. The molecule has 136 valence electrons. The molecule has 0 aliphatic carbocycles. The summed E-state index contributed by atoms with van der Waals surface area (Å²) in [5, 5.41) is 0. The number of hydrogen-bond donors (Lipinski definition) is 0. The van der Waals surface area contributed by atoms with Crippen molar-refractivity contribution in [3.63, 3.8) is 0 Å². The minimum atomic E-state index is 0. The van der Waals surface area contributed by atoms with Gasteiger partial charge in [0.25, 0.3) is 0 Å². The van der Waals surface area contributed by atoms with Crippen molar-refractivity contribution in [2.75, 3.05) is 37.6 Å². The molecule has 2 heteroatoms. The molecule has 1 aliphatic rings. The number of benzene rings is 2. The SMILES string of the molecule is C.CC(C)(CCCN1CCN(c2ccccc2)CC1)c1ccccc1. The fourth-order valence-electron chi connectivity index (χ4n) is 3.65. The van der Waals surface area contributed by atoms with Crippen LogP contribution in [0.3, 0.4) is 0 Å². The van der Waals surface area contributed by atoms with E-state index in [1.165, 1.54) is 43.7 Å². The molecule has 0 atom stereocenters. The first-order valence-corrected chi connectivity index (χ1v) is 9.23. The molecule has 1 aliphatic heterocycles. The van der Waals surface area contributed by atoms with E-state index in [0.717, 1.165) is 13.1 Å². The second-order valence-electron chi connectivity index (χ2n) is 7.52. The first-order chi connectivity index (χ1) is 11.6. The quantitative estimate of drug-likeness (QED) is 0.714. The van der Waals surface area contributed by atoms with Crippen molar-refractivity contribution in [3.8, 4) is 0 Å². The van der Waals surface area contributed by atoms with Crippen LogP contribution in [0.25, 0.3) is 0 Å². The molecule has 2 aromatic carbocycles. The smallest absolute Gasteiger partial charge is 0.0367 e. The lowest BCUT2D eigenvalue weighted by Crippen LogP contribution is -2.46. The second kappa shape index (κ2) is 9.05. The Hall–Kier alpha value is -1.80. The van der Waals surface area contributed by atoms with Crippen LogP contribution in [0.5, 0.6) is 0 Å². The van der Waals surface area contributed by atoms with Crippen LogP contribution in [0.1, 0.15) is 39.7 Å². The molecule has 0 saturated carbocycles. The van der Waals surface area contributed by atoms with Gasteiger partial charge in [0, 0.05) is 31.9 Å². The normalized spacial score (nSPS) is 15.7. The largest absolute Gasteiger partial charge is 0.369 e. The first kappa shape index (κ1) is 19.5. The van der Waals surface area contributed by atoms with Crippen LogP contribution in [0, 0.1) is 0 Å². The second-order valence-corrected chi connectivity index (χ2v) is 7.52. The number of nitrogens with zero attached hydrogens (tertiary/aromatic N) is 2. The van der Waals surface area contributed by atoms with Gasteiger partial charge >= 0.3 is 0 Å². The first-order valence-electron chi connectivity index (χ1n) is 9.23. The van der Waals surface area contributed by atoms with Crippen molar-refractivity contribution in [1.82, 2.24) is 4.90 Å².